The van der Waals surface area contributed by atoms with Crippen LogP contribution >= 0.6 is 0 Å². The van der Waals surface area contributed by atoms with Crippen LogP contribution in [0.3, 0.4) is 0 Å². The SMILES string of the molecule is CC(C)Oc1ccc(C=C(NC(=O)c2ccccc2)C(=O)Nc2ccccc2)cc1. The van der Waals surface area contributed by atoms with E-state index in [1.807, 2.05) is 62.4 Å². The summed E-state index contributed by atoms with van der Waals surface area (Å²) >= 11 is 0. The van der Waals surface area contributed by atoms with Gasteiger partial charge in [-0.05, 0) is 61.9 Å². The van der Waals surface area contributed by atoms with Crippen molar-refractivity contribution in [3.05, 3.63) is 102 Å². The molecule has 0 bridgehead atoms. The van der Waals surface area contributed by atoms with Crippen molar-refractivity contribution in [3.8, 4) is 5.75 Å². The first-order valence-electron chi connectivity index (χ1n) is 9.72. The number of amides is 2. The highest BCUT2D eigenvalue weighted by Gasteiger charge is 2.15. The van der Waals surface area contributed by atoms with Crippen LogP contribution in [0.4, 0.5) is 5.69 Å². The van der Waals surface area contributed by atoms with Gasteiger partial charge in [-0.25, -0.2) is 0 Å². The van der Waals surface area contributed by atoms with Crippen LogP contribution in [0.2, 0.25) is 0 Å². The lowest BCUT2D eigenvalue weighted by Crippen LogP contribution is -2.30. The molecule has 3 aromatic rings. The number of para-hydroxylation sites is 1. The first kappa shape index (κ1) is 20.9. The minimum Gasteiger partial charge on any atom is -0.491 e. The summed E-state index contributed by atoms with van der Waals surface area (Å²) in [6.45, 7) is 3.91. The van der Waals surface area contributed by atoms with Crippen molar-refractivity contribution < 1.29 is 14.3 Å². The molecule has 0 aliphatic rings. The summed E-state index contributed by atoms with van der Waals surface area (Å²) in [5, 5.41) is 5.54. The van der Waals surface area contributed by atoms with Gasteiger partial charge in [0.25, 0.3) is 11.8 Å². The summed E-state index contributed by atoms with van der Waals surface area (Å²) in [6.07, 6.45) is 1.71. The molecule has 0 spiro atoms. The Morgan fingerprint density at radius 1 is 0.833 bits per heavy atom. The molecule has 0 heterocycles. The number of anilines is 1. The van der Waals surface area contributed by atoms with Crippen LogP contribution < -0.4 is 15.4 Å². The summed E-state index contributed by atoms with van der Waals surface area (Å²) in [7, 11) is 0. The van der Waals surface area contributed by atoms with Crippen molar-refractivity contribution >= 4 is 23.6 Å². The standard InChI is InChI=1S/C25H24N2O3/c1-18(2)30-22-15-13-19(14-16-22)17-23(25(29)26-21-11-7-4-8-12-21)27-24(28)20-9-5-3-6-10-20/h3-18H,1-2H3,(H,26,29)(H,27,28). The van der Waals surface area contributed by atoms with Crippen LogP contribution in [0.5, 0.6) is 5.75 Å². The quantitative estimate of drug-likeness (QED) is 0.555. The van der Waals surface area contributed by atoms with Crippen LogP contribution in [0, 0.1) is 0 Å². The van der Waals surface area contributed by atoms with E-state index < -0.39 is 5.91 Å². The van der Waals surface area contributed by atoms with E-state index in [0.29, 0.717) is 11.3 Å². The molecule has 0 saturated carbocycles. The largest absolute Gasteiger partial charge is 0.491 e. The molecule has 0 fully saturated rings. The van der Waals surface area contributed by atoms with Gasteiger partial charge in [0, 0.05) is 11.3 Å². The lowest BCUT2D eigenvalue weighted by atomic mass is 10.1. The molecule has 0 radical (unpaired) electrons. The van der Waals surface area contributed by atoms with E-state index in [1.165, 1.54) is 0 Å². The van der Waals surface area contributed by atoms with Crippen molar-refractivity contribution in [1.82, 2.24) is 5.32 Å². The molecule has 5 nitrogen and oxygen atoms in total. The monoisotopic (exact) mass is 400 g/mol. The minimum absolute atomic E-state index is 0.0729. The summed E-state index contributed by atoms with van der Waals surface area (Å²) in [5.74, 6) is -0.0245. The zero-order valence-electron chi connectivity index (χ0n) is 17.0. The fourth-order valence-corrected chi connectivity index (χ4v) is 2.74. The molecule has 3 rings (SSSR count). The molecule has 0 atom stereocenters. The number of rotatable bonds is 7. The summed E-state index contributed by atoms with van der Waals surface area (Å²) < 4.78 is 5.65. The fraction of sp³-hybridized carbons (Fsp3) is 0.120. The average molecular weight is 400 g/mol. The van der Waals surface area contributed by atoms with Crippen molar-refractivity contribution in [2.45, 2.75) is 20.0 Å². The Balaban J connectivity index is 1.85. The molecule has 2 amide bonds. The van der Waals surface area contributed by atoms with Gasteiger partial charge in [-0.1, -0.05) is 48.5 Å². The van der Waals surface area contributed by atoms with E-state index in [4.69, 9.17) is 4.74 Å². The van der Waals surface area contributed by atoms with E-state index in [2.05, 4.69) is 10.6 Å². The summed E-state index contributed by atoms with van der Waals surface area (Å²) in [5.41, 5.74) is 2.02. The summed E-state index contributed by atoms with van der Waals surface area (Å²) in [6, 6.07) is 25.2. The second-order valence-electron chi connectivity index (χ2n) is 6.93. The van der Waals surface area contributed by atoms with Crippen molar-refractivity contribution in [1.29, 1.82) is 0 Å². The van der Waals surface area contributed by atoms with Crippen LogP contribution in [0.15, 0.2) is 90.6 Å². The number of hydrogen-bond donors (Lipinski definition) is 2. The lowest BCUT2D eigenvalue weighted by molar-refractivity contribution is -0.113. The van der Waals surface area contributed by atoms with Crippen LogP contribution in [-0.2, 0) is 4.79 Å². The van der Waals surface area contributed by atoms with Crippen molar-refractivity contribution in [3.63, 3.8) is 0 Å². The van der Waals surface area contributed by atoms with Gasteiger partial charge in [-0.3, -0.25) is 9.59 Å². The molecule has 2 N–H and O–H groups in total. The maximum atomic E-state index is 12.9. The molecule has 0 aliphatic heterocycles. The van der Waals surface area contributed by atoms with Crippen LogP contribution in [-0.4, -0.2) is 17.9 Å². The molecule has 0 aliphatic carbocycles. The van der Waals surface area contributed by atoms with Gasteiger partial charge in [0.15, 0.2) is 0 Å². The molecule has 0 aromatic heterocycles. The third-order valence-corrected chi connectivity index (χ3v) is 4.12. The predicted octanol–water partition coefficient (Wildman–Crippen LogP) is 4.88. The molecule has 30 heavy (non-hydrogen) atoms. The van der Waals surface area contributed by atoms with Crippen LogP contribution in [0.25, 0.3) is 6.08 Å². The molecule has 5 heteroatoms. The Morgan fingerprint density at radius 2 is 1.43 bits per heavy atom. The number of nitrogens with one attached hydrogen (secondary N) is 2. The molecule has 0 unspecified atom stereocenters. The highest BCUT2D eigenvalue weighted by atomic mass is 16.5. The Bertz CT molecular complexity index is 1010. The van der Waals surface area contributed by atoms with Gasteiger partial charge in [-0.15, -0.1) is 0 Å². The van der Waals surface area contributed by atoms with E-state index in [-0.39, 0.29) is 17.7 Å². The van der Waals surface area contributed by atoms with E-state index in [9.17, 15) is 9.59 Å². The van der Waals surface area contributed by atoms with Crippen molar-refractivity contribution in [2.24, 2.45) is 0 Å². The van der Waals surface area contributed by atoms with Gasteiger partial charge in [0.1, 0.15) is 11.4 Å². The first-order valence-corrected chi connectivity index (χ1v) is 9.72. The second-order valence-corrected chi connectivity index (χ2v) is 6.93. The van der Waals surface area contributed by atoms with Crippen LogP contribution in [0.1, 0.15) is 29.8 Å². The van der Waals surface area contributed by atoms with Crippen molar-refractivity contribution in [2.75, 3.05) is 5.32 Å². The van der Waals surface area contributed by atoms with E-state index in [0.717, 1.165) is 11.3 Å². The van der Waals surface area contributed by atoms with E-state index in [1.54, 1.807) is 42.5 Å². The van der Waals surface area contributed by atoms with Gasteiger partial charge in [0.05, 0.1) is 6.10 Å². The fourth-order valence-electron chi connectivity index (χ4n) is 2.74. The van der Waals surface area contributed by atoms with E-state index >= 15 is 0 Å². The lowest BCUT2D eigenvalue weighted by Gasteiger charge is -2.12. The number of ether oxygens (including phenoxy) is 1. The molecular weight excluding hydrogens is 376 g/mol. The predicted molar refractivity (Wildman–Crippen MR) is 119 cm³/mol. The normalized spacial score (nSPS) is 11.1. The second kappa shape index (κ2) is 10.1. The topological polar surface area (TPSA) is 67.4 Å². The third-order valence-electron chi connectivity index (χ3n) is 4.12. The maximum Gasteiger partial charge on any atom is 0.272 e. The maximum absolute atomic E-state index is 12.9. The Hall–Kier alpha value is -3.86. The highest BCUT2D eigenvalue weighted by molar-refractivity contribution is 6.10. The number of hydrogen-bond acceptors (Lipinski definition) is 3. The zero-order valence-corrected chi connectivity index (χ0v) is 17.0. The molecule has 3 aromatic carbocycles. The first-order chi connectivity index (χ1) is 14.5. The smallest absolute Gasteiger partial charge is 0.272 e. The highest BCUT2D eigenvalue weighted by Crippen LogP contribution is 2.16. The van der Waals surface area contributed by atoms with Gasteiger partial charge in [0.2, 0.25) is 0 Å². The Kier molecular flexibility index (Phi) is 7.00. The zero-order chi connectivity index (χ0) is 21.3. The van der Waals surface area contributed by atoms with Gasteiger partial charge >= 0.3 is 0 Å². The number of benzene rings is 3. The third kappa shape index (κ3) is 6.07. The molecule has 0 saturated heterocycles. The average Bonchev–Trinajstić information content (AvgIpc) is 2.75. The number of carbonyl (C=O) groups is 2. The van der Waals surface area contributed by atoms with Gasteiger partial charge < -0.3 is 15.4 Å². The number of carbonyl (C=O) groups excluding carboxylic acids is 2. The van der Waals surface area contributed by atoms with Gasteiger partial charge in [-0.2, -0.15) is 0 Å². The minimum atomic E-state index is -0.409. The summed E-state index contributed by atoms with van der Waals surface area (Å²) in [4.78, 5) is 25.5. The molecule has 152 valence electrons. The Morgan fingerprint density at radius 3 is 2.03 bits per heavy atom. The molecular formula is C25H24N2O3. The Labute approximate surface area is 176 Å².